The molecule has 4 aromatic rings. The second-order valence-electron chi connectivity index (χ2n) is 11.2. The molecule has 224 valence electrons. The number of imidazole rings is 1. The van der Waals surface area contributed by atoms with Gasteiger partial charge >= 0.3 is 6.18 Å². The van der Waals surface area contributed by atoms with E-state index < -0.39 is 23.8 Å². The van der Waals surface area contributed by atoms with E-state index in [9.17, 15) is 18.0 Å². The number of nitrogens with zero attached hydrogens (tertiary/aromatic N) is 3. The molecule has 1 saturated heterocycles. The molecule has 1 aliphatic heterocycles. The predicted molar refractivity (Wildman–Crippen MR) is 157 cm³/mol. The van der Waals surface area contributed by atoms with Crippen molar-refractivity contribution in [3.8, 4) is 16.5 Å². The van der Waals surface area contributed by atoms with E-state index in [1.54, 1.807) is 17.0 Å². The number of rotatable bonds is 10. The highest BCUT2D eigenvalue weighted by atomic mass is 32.1. The van der Waals surface area contributed by atoms with Gasteiger partial charge in [-0.3, -0.25) is 9.36 Å². The third-order valence-electron chi connectivity index (χ3n) is 7.49. The summed E-state index contributed by atoms with van der Waals surface area (Å²) in [6, 6.07) is 12.5. The topological polar surface area (TPSA) is 82.6 Å². The first-order valence-electron chi connectivity index (χ1n) is 14.1. The lowest BCUT2D eigenvalue weighted by Gasteiger charge is -2.32. The number of thiophene rings is 1. The fourth-order valence-corrected chi connectivity index (χ4v) is 6.35. The Morgan fingerprint density at radius 1 is 1.12 bits per heavy atom. The quantitative estimate of drug-likeness (QED) is 0.210. The van der Waals surface area contributed by atoms with Crippen LogP contribution in [0.1, 0.15) is 60.5 Å². The Kier molecular flexibility index (Phi) is 8.79. The van der Waals surface area contributed by atoms with Gasteiger partial charge in [-0.05, 0) is 62.9 Å². The Bertz CT molecular complexity index is 1540. The summed E-state index contributed by atoms with van der Waals surface area (Å²) in [6.45, 7) is 9.93. The van der Waals surface area contributed by atoms with Gasteiger partial charge in [0.15, 0.2) is 0 Å². The van der Waals surface area contributed by atoms with Gasteiger partial charge in [-0.25, -0.2) is 4.98 Å². The van der Waals surface area contributed by atoms with Crippen molar-refractivity contribution in [3.63, 3.8) is 0 Å². The Morgan fingerprint density at radius 3 is 2.55 bits per heavy atom. The number of carbonyl (C=O) groups excluding carboxylic acids is 1. The van der Waals surface area contributed by atoms with Crippen molar-refractivity contribution in [1.82, 2.24) is 14.5 Å². The molecule has 1 aliphatic rings. The molecule has 0 aliphatic carbocycles. The van der Waals surface area contributed by atoms with Crippen molar-refractivity contribution in [1.29, 1.82) is 0 Å². The van der Waals surface area contributed by atoms with E-state index in [0.29, 0.717) is 23.4 Å². The molecule has 1 atom stereocenters. The Hall–Kier alpha value is -3.57. The van der Waals surface area contributed by atoms with Gasteiger partial charge in [0.1, 0.15) is 33.8 Å². The zero-order valence-electron chi connectivity index (χ0n) is 23.9. The van der Waals surface area contributed by atoms with Crippen molar-refractivity contribution in [2.75, 3.05) is 26.2 Å². The number of benzene rings is 2. The number of hydrogen-bond acceptors (Lipinski definition) is 6. The molecule has 42 heavy (non-hydrogen) atoms. The second-order valence-corrected chi connectivity index (χ2v) is 12.2. The van der Waals surface area contributed by atoms with Gasteiger partial charge in [0.25, 0.3) is 5.91 Å². The van der Waals surface area contributed by atoms with Crippen LogP contribution in [0, 0.1) is 11.8 Å². The molecule has 0 saturated carbocycles. The Labute approximate surface area is 247 Å². The molecule has 2 N–H and O–H groups in total. The Balaban J connectivity index is 1.34. The number of fused-ring (bicyclic) bond motifs is 1. The predicted octanol–water partition coefficient (Wildman–Crippen LogP) is 7.09. The zero-order chi connectivity index (χ0) is 30.0. The normalized spacial score (nSPS) is 15.8. The first-order valence-corrected chi connectivity index (χ1v) is 14.9. The summed E-state index contributed by atoms with van der Waals surface area (Å²) in [5, 5.41) is 0.590. The molecule has 5 rings (SSSR count). The third kappa shape index (κ3) is 6.73. The molecule has 2 aromatic carbocycles. The van der Waals surface area contributed by atoms with Crippen molar-refractivity contribution < 1.29 is 27.4 Å². The molecular formula is C31H35F3N4O3S. The lowest BCUT2D eigenvalue weighted by atomic mass is 9.97. The highest BCUT2D eigenvalue weighted by Gasteiger charge is 2.35. The minimum atomic E-state index is -4.54. The molecule has 0 unspecified atom stereocenters. The van der Waals surface area contributed by atoms with E-state index in [-0.39, 0.29) is 16.2 Å². The summed E-state index contributed by atoms with van der Waals surface area (Å²) < 4.78 is 54.7. The van der Waals surface area contributed by atoms with Crippen LogP contribution in [0.25, 0.3) is 16.0 Å². The molecule has 0 bridgehead atoms. The van der Waals surface area contributed by atoms with Crippen LogP contribution in [-0.2, 0) is 6.18 Å². The largest absolute Gasteiger partial charge is 0.493 e. The van der Waals surface area contributed by atoms with E-state index in [1.165, 1.54) is 25.1 Å². The number of alkyl halides is 3. The summed E-state index contributed by atoms with van der Waals surface area (Å²) >= 11 is 1.09. The maximum Gasteiger partial charge on any atom is 0.416 e. The van der Waals surface area contributed by atoms with E-state index in [2.05, 4.69) is 23.7 Å². The molecule has 0 spiro atoms. The molecule has 2 aromatic heterocycles. The summed E-state index contributed by atoms with van der Waals surface area (Å²) in [7, 11) is 0. The first-order chi connectivity index (χ1) is 20.0. The monoisotopic (exact) mass is 600 g/mol. The highest BCUT2D eigenvalue weighted by Crippen LogP contribution is 2.39. The molecule has 1 fully saturated rings. The molecular weight excluding hydrogens is 565 g/mol. The number of aromatic nitrogens is 2. The minimum Gasteiger partial charge on any atom is -0.493 e. The first kappa shape index (κ1) is 29.9. The molecule has 3 heterocycles. The van der Waals surface area contributed by atoms with Crippen molar-refractivity contribution in [3.05, 3.63) is 70.9 Å². The van der Waals surface area contributed by atoms with E-state index >= 15 is 0 Å². The van der Waals surface area contributed by atoms with Gasteiger partial charge in [-0.1, -0.05) is 32.0 Å². The van der Waals surface area contributed by atoms with Crippen molar-refractivity contribution in [2.24, 2.45) is 17.6 Å². The number of halogens is 3. The fraction of sp³-hybridized carbons (Fsp3) is 0.419. The van der Waals surface area contributed by atoms with Gasteiger partial charge in [-0.15, -0.1) is 11.3 Å². The number of primary amides is 1. The van der Waals surface area contributed by atoms with E-state index in [4.69, 9.17) is 15.2 Å². The summed E-state index contributed by atoms with van der Waals surface area (Å²) in [4.78, 5) is 19.4. The van der Waals surface area contributed by atoms with Gasteiger partial charge in [0, 0.05) is 24.2 Å². The SMILES string of the molecule is CC(C)CN1CCC(COc2ccc3ncn(-c4cc(O[C@H](C)c5ccccc5C(F)(F)F)c(C(N)=O)s4)c3c2)CC1. The van der Waals surface area contributed by atoms with Crippen LogP contribution in [0.2, 0.25) is 0 Å². The van der Waals surface area contributed by atoms with E-state index in [0.717, 1.165) is 66.7 Å². The van der Waals surface area contributed by atoms with Crippen LogP contribution in [0.15, 0.2) is 54.9 Å². The molecule has 0 radical (unpaired) electrons. The van der Waals surface area contributed by atoms with E-state index in [1.807, 2.05) is 18.2 Å². The lowest BCUT2D eigenvalue weighted by molar-refractivity contribution is -0.139. The van der Waals surface area contributed by atoms with Gasteiger partial charge in [0.2, 0.25) is 0 Å². The van der Waals surface area contributed by atoms with Crippen LogP contribution < -0.4 is 15.2 Å². The number of nitrogens with two attached hydrogens (primary N) is 1. The number of carbonyl (C=O) groups is 1. The maximum atomic E-state index is 13.6. The number of likely N-dealkylation sites (tertiary alicyclic amines) is 1. The molecule has 1 amide bonds. The summed E-state index contributed by atoms with van der Waals surface area (Å²) in [5.41, 5.74) is 6.31. The maximum absolute atomic E-state index is 13.6. The average Bonchev–Trinajstić information content (AvgIpc) is 3.56. The number of hydrogen-bond donors (Lipinski definition) is 1. The number of piperidine rings is 1. The van der Waals surface area contributed by atoms with Crippen LogP contribution in [0.5, 0.6) is 11.5 Å². The smallest absolute Gasteiger partial charge is 0.416 e. The fourth-order valence-electron chi connectivity index (χ4n) is 5.42. The van der Waals surface area contributed by atoms with Crippen molar-refractivity contribution >= 4 is 28.3 Å². The lowest BCUT2D eigenvalue weighted by Crippen LogP contribution is -2.37. The Morgan fingerprint density at radius 2 is 1.86 bits per heavy atom. The van der Waals surface area contributed by atoms with Crippen LogP contribution in [0.3, 0.4) is 0 Å². The number of ether oxygens (including phenoxy) is 2. The minimum absolute atomic E-state index is 0.0337. The number of amides is 1. The molecule has 7 nitrogen and oxygen atoms in total. The van der Waals surface area contributed by atoms with Gasteiger partial charge in [0.05, 0.1) is 23.2 Å². The van der Waals surface area contributed by atoms with Crippen LogP contribution in [-0.4, -0.2) is 46.6 Å². The zero-order valence-corrected chi connectivity index (χ0v) is 24.7. The third-order valence-corrected chi connectivity index (χ3v) is 8.62. The van der Waals surface area contributed by atoms with Gasteiger partial charge < -0.3 is 20.1 Å². The highest BCUT2D eigenvalue weighted by molar-refractivity contribution is 7.16. The van der Waals surface area contributed by atoms with Crippen molar-refractivity contribution in [2.45, 2.75) is 45.9 Å². The standard InChI is InChI=1S/C31H35F3N4O3S/c1-19(2)16-37-12-10-21(11-13-37)17-40-22-8-9-25-26(14-22)38(18-36-25)28-15-27(29(42-28)30(35)39)41-20(3)23-6-4-5-7-24(23)31(32,33)34/h4-9,14-15,18-21H,10-13,16-17H2,1-3H3,(H2,35,39)/t20-/m1/s1. The second kappa shape index (κ2) is 12.3. The summed E-state index contributed by atoms with van der Waals surface area (Å²) in [5.74, 6) is 1.26. The molecule has 11 heteroatoms. The van der Waals surface area contributed by atoms with Gasteiger partial charge in [-0.2, -0.15) is 13.2 Å². The summed E-state index contributed by atoms with van der Waals surface area (Å²) in [6.07, 6.45) is -1.69. The van der Waals surface area contributed by atoms with Crippen LogP contribution >= 0.6 is 11.3 Å². The average molecular weight is 601 g/mol. The van der Waals surface area contributed by atoms with Crippen LogP contribution in [0.4, 0.5) is 13.2 Å².